The summed E-state index contributed by atoms with van der Waals surface area (Å²) in [5, 5.41) is 3.49. The molecular formula is C12H8Cl3NO2. The molecule has 0 unspecified atom stereocenters. The molecule has 0 saturated heterocycles. The minimum atomic E-state index is -0.462. The fraction of sp³-hybridized carbons (Fsp3) is 0.0833. The van der Waals surface area contributed by atoms with Gasteiger partial charge < -0.3 is 9.73 Å². The molecule has 1 amide bonds. The number of hydrogen-bond donors (Lipinski definition) is 1. The van der Waals surface area contributed by atoms with Crippen LogP contribution in [0.2, 0.25) is 15.3 Å². The van der Waals surface area contributed by atoms with Crippen LogP contribution in [0.5, 0.6) is 0 Å². The Morgan fingerprint density at radius 3 is 2.50 bits per heavy atom. The molecule has 0 radical (unpaired) electrons. The number of amides is 1. The molecule has 94 valence electrons. The fourth-order valence-electron chi connectivity index (χ4n) is 1.38. The third-order valence-corrected chi connectivity index (χ3v) is 3.32. The van der Waals surface area contributed by atoms with Crippen molar-refractivity contribution in [1.82, 2.24) is 0 Å². The number of halogens is 3. The summed E-state index contributed by atoms with van der Waals surface area (Å²) in [6.07, 6.45) is 0. The van der Waals surface area contributed by atoms with Gasteiger partial charge in [0.15, 0.2) is 11.0 Å². The number of anilines is 1. The van der Waals surface area contributed by atoms with Gasteiger partial charge in [0.25, 0.3) is 5.91 Å². The van der Waals surface area contributed by atoms with E-state index in [1.807, 2.05) is 6.92 Å². The Morgan fingerprint density at radius 1 is 1.17 bits per heavy atom. The molecule has 1 N–H and O–H groups in total. The summed E-state index contributed by atoms with van der Waals surface area (Å²) in [6.45, 7) is 1.82. The van der Waals surface area contributed by atoms with Crippen LogP contribution in [0.25, 0.3) is 0 Å². The van der Waals surface area contributed by atoms with Gasteiger partial charge in [-0.2, -0.15) is 0 Å². The van der Waals surface area contributed by atoms with Crippen LogP contribution < -0.4 is 5.32 Å². The van der Waals surface area contributed by atoms with E-state index >= 15 is 0 Å². The minimum Gasteiger partial charge on any atom is -0.440 e. The van der Waals surface area contributed by atoms with Gasteiger partial charge in [-0.3, -0.25) is 4.79 Å². The zero-order valence-electron chi connectivity index (χ0n) is 9.26. The highest BCUT2D eigenvalue weighted by atomic mass is 35.5. The van der Waals surface area contributed by atoms with Crippen LogP contribution in [-0.4, -0.2) is 5.91 Å². The molecule has 6 heteroatoms. The molecule has 1 aromatic carbocycles. The monoisotopic (exact) mass is 303 g/mol. The number of carbonyl (C=O) groups is 1. The van der Waals surface area contributed by atoms with Crippen molar-refractivity contribution in [2.24, 2.45) is 0 Å². The predicted molar refractivity (Wildman–Crippen MR) is 72.9 cm³/mol. The van der Waals surface area contributed by atoms with Crippen molar-refractivity contribution in [2.75, 3.05) is 5.32 Å². The Balaban J connectivity index is 2.30. The predicted octanol–water partition coefficient (Wildman–Crippen LogP) is 4.80. The summed E-state index contributed by atoms with van der Waals surface area (Å²) in [5.41, 5.74) is 1.17. The number of aryl methyl sites for hydroxylation is 1. The second-order valence-corrected chi connectivity index (χ2v) is 4.77. The van der Waals surface area contributed by atoms with Crippen molar-refractivity contribution >= 4 is 46.4 Å². The first-order valence-corrected chi connectivity index (χ1v) is 6.13. The van der Waals surface area contributed by atoms with Gasteiger partial charge in [-0.05, 0) is 42.3 Å². The van der Waals surface area contributed by atoms with E-state index in [0.29, 0.717) is 15.7 Å². The molecule has 0 spiro atoms. The van der Waals surface area contributed by atoms with Crippen LogP contribution in [0, 0.1) is 6.92 Å². The van der Waals surface area contributed by atoms with E-state index in [9.17, 15) is 4.79 Å². The van der Waals surface area contributed by atoms with E-state index in [-0.39, 0.29) is 11.0 Å². The Kier molecular flexibility index (Phi) is 3.85. The van der Waals surface area contributed by atoms with E-state index in [4.69, 9.17) is 39.2 Å². The number of furan rings is 1. The zero-order valence-corrected chi connectivity index (χ0v) is 11.5. The molecule has 2 aromatic rings. The largest absolute Gasteiger partial charge is 0.440 e. The molecule has 1 heterocycles. The van der Waals surface area contributed by atoms with Gasteiger partial charge >= 0.3 is 0 Å². The molecule has 18 heavy (non-hydrogen) atoms. The Labute approximate surface area is 119 Å². The summed E-state index contributed by atoms with van der Waals surface area (Å²) in [7, 11) is 0. The molecule has 0 aliphatic rings. The molecule has 1 aromatic heterocycles. The van der Waals surface area contributed by atoms with E-state index in [1.54, 1.807) is 12.1 Å². The lowest BCUT2D eigenvalue weighted by atomic mass is 10.2. The van der Waals surface area contributed by atoms with Crippen LogP contribution in [0.1, 0.15) is 16.1 Å². The van der Waals surface area contributed by atoms with E-state index in [2.05, 4.69) is 5.32 Å². The molecule has 0 atom stereocenters. The molecule has 3 nitrogen and oxygen atoms in total. The van der Waals surface area contributed by atoms with Crippen LogP contribution >= 0.6 is 34.8 Å². The van der Waals surface area contributed by atoms with Crippen LogP contribution in [0.4, 0.5) is 5.69 Å². The van der Waals surface area contributed by atoms with Crippen molar-refractivity contribution in [2.45, 2.75) is 6.92 Å². The molecule has 0 bridgehead atoms. The topological polar surface area (TPSA) is 42.2 Å². The lowest BCUT2D eigenvalue weighted by Crippen LogP contribution is -2.11. The smallest absolute Gasteiger partial charge is 0.291 e. The van der Waals surface area contributed by atoms with Gasteiger partial charge in [-0.15, -0.1) is 0 Å². The molecule has 0 saturated carbocycles. The number of benzene rings is 1. The second-order valence-electron chi connectivity index (χ2n) is 3.61. The first-order chi connectivity index (χ1) is 8.49. The second kappa shape index (κ2) is 5.22. The van der Waals surface area contributed by atoms with Gasteiger partial charge in [0.2, 0.25) is 0 Å². The Hall–Kier alpha value is -1.16. The minimum absolute atomic E-state index is 0.0913. The maximum absolute atomic E-state index is 11.9. The summed E-state index contributed by atoms with van der Waals surface area (Å²) in [4.78, 5) is 11.9. The van der Waals surface area contributed by atoms with Crippen molar-refractivity contribution < 1.29 is 9.21 Å². The molecule has 2 rings (SSSR count). The SMILES string of the molecule is Cc1ccc(Cl)c(NC(=O)c2ccc(Cl)o2)c1Cl. The number of carbonyl (C=O) groups excluding carboxylic acids is 1. The summed E-state index contributed by atoms with van der Waals surface area (Å²) in [5.74, 6) is -0.370. The lowest BCUT2D eigenvalue weighted by molar-refractivity contribution is 0.0997. The highest BCUT2D eigenvalue weighted by Gasteiger charge is 2.15. The van der Waals surface area contributed by atoms with Crippen molar-refractivity contribution in [3.63, 3.8) is 0 Å². The summed E-state index contributed by atoms with van der Waals surface area (Å²) in [6, 6.07) is 6.38. The molecule has 0 fully saturated rings. The van der Waals surface area contributed by atoms with Crippen LogP contribution in [-0.2, 0) is 0 Å². The molecular weight excluding hydrogens is 296 g/mol. The van der Waals surface area contributed by atoms with Gasteiger partial charge in [-0.1, -0.05) is 29.3 Å². The average Bonchev–Trinajstić information content (AvgIpc) is 2.76. The standard InChI is InChI=1S/C12H8Cl3NO2/c1-6-2-3-7(13)11(10(6)15)16-12(17)8-4-5-9(14)18-8/h2-5H,1H3,(H,16,17). The maximum atomic E-state index is 11.9. The fourth-order valence-corrected chi connectivity index (χ4v) is 1.99. The Morgan fingerprint density at radius 2 is 1.89 bits per heavy atom. The maximum Gasteiger partial charge on any atom is 0.291 e. The van der Waals surface area contributed by atoms with Crippen molar-refractivity contribution in [3.05, 3.63) is 50.9 Å². The van der Waals surface area contributed by atoms with E-state index in [1.165, 1.54) is 12.1 Å². The first kappa shape index (κ1) is 13.3. The molecule has 0 aliphatic heterocycles. The zero-order chi connectivity index (χ0) is 13.3. The summed E-state index contributed by atoms with van der Waals surface area (Å²) >= 11 is 17.7. The van der Waals surface area contributed by atoms with Gasteiger partial charge in [0, 0.05) is 0 Å². The quantitative estimate of drug-likeness (QED) is 0.866. The van der Waals surface area contributed by atoms with Crippen LogP contribution in [0.3, 0.4) is 0 Å². The Bertz CT molecular complexity index is 607. The summed E-state index contributed by atoms with van der Waals surface area (Å²) < 4.78 is 4.99. The van der Waals surface area contributed by atoms with E-state index in [0.717, 1.165) is 5.56 Å². The van der Waals surface area contributed by atoms with Crippen molar-refractivity contribution in [1.29, 1.82) is 0 Å². The van der Waals surface area contributed by atoms with Crippen molar-refractivity contribution in [3.8, 4) is 0 Å². The number of hydrogen-bond acceptors (Lipinski definition) is 2. The van der Waals surface area contributed by atoms with Crippen LogP contribution in [0.15, 0.2) is 28.7 Å². The van der Waals surface area contributed by atoms with Gasteiger partial charge in [-0.25, -0.2) is 0 Å². The average molecular weight is 305 g/mol. The highest BCUT2D eigenvalue weighted by Crippen LogP contribution is 2.33. The first-order valence-electron chi connectivity index (χ1n) is 5.00. The normalized spacial score (nSPS) is 10.4. The highest BCUT2D eigenvalue weighted by molar-refractivity contribution is 6.40. The lowest BCUT2D eigenvalue weighted by Gasteiger charge is -2.09. The van der Waals surface area contributed by atoms with Gasteiger partial charge in [0.1, 0.15) is 0 Å². The van der Waals surface area contributed by atoms with Gasteiger partial charge in [0.05, 0.1) is 15.7 Å². The third kappa shape index (κ3) is 2.64. The third-order valence-electron chi connectivity index (χ3n) is 2.32. The number of rotatable bonds is 2. The van der Waals surface area contributed by atoms with E-state index < -0.39 is 5.91 Å². The number of nitrogens with one attached hydrogen (secondary N) is 1. The molecule has 0 aliphatic carbocycles.